The Bertz CT molecular complexity index is 855. The average molecular weight is 383 g/mol. The van der Waals surface area contributed by atoms with Crippen molar-refractivity contribution in [2.75, 3.05) is 11.9 Å². The molecule has 28 heavy (non-hydrogen) atoms. The molecule has 2 aliphatic rings. The van der Waals surface area contributed by atoms with Crippen LogP contribution in [-0.2, 0) is 24.7 Å². The number of aromatic nitrogens is 4. The predicted molar refractivity (Wildman–Crippen MR) is 109 cm³/mol. The Morgan fingerprint density at radius 1 is 1.21 bits per heavy atom. The van der Waals surface area contributed by atoms with Crippen LogP contribution in [0.15, 0.2) is 12.5 Å². The Kier molecular flexibility index (Phi) is 5.33. The third-order valence-corrected chi connectivity index (χ3v) is 6.09. The highest BCUT2D eigenvalue weighted by Gasteiger charge is 2.28. The molecule has 2 aromatic heterocycles. The van der Waals surface area contributed by atoms with E-state index >= 15 is 0 Å². The quantitative estimate of drug-likeness (QED) is 0.860. The molecule has 4 rings (SSSR count). The number of carbonyl (C=O) groups excluding carboxylic acids is 1. The van der Waals surface area contributed by atoms with Crippen LogP contribution in [0.5, 0.6) is 0 Å². The van der Waals surface area contributed by atoms with Crippen LogP contribution >= 0.6 is 0 Å². The van der Waals surface area contributed by atoms with E-state index in [-0.39, 0.29) is 11.9 Å². The van der Waals surface area contributed by atoms with Gasteiger partial charge in [0, 0.05) is 37.6 Å². The Hall–Kier alpha value is -2.44. The number of amides is 1. The largest absolute Gasteiger partial charge is 0.352 e. The van der Waals surface area contributed by atoms with Gasteiger partial charge in [-0.2, -0.15) is 0 Å². The van der Waals surface area contributed by atoms with Crippen LogP contribution in [0.3, 0.4) is 0 Å². The number of carbonyl (C=O) groups is 1. The third-order valence-electron chi connectivity index (χ3n) is 6.09. The Morgan fingerprint density at radius 2 is 2.00 bits per heavy atom. The van der Waals surface area contributed by atoms with Gasteiger partial charge in [0.05, 0.1) is 6.33 Å². The van der Waals surface area contributed by atoms with Crippen LogP contribution in [0.4, 0.5) is 5.82 Å². The molecule has 2 heterocycles. The highest BCUT2D eigenvalue weighted by Crippen LogP contribution is 2.31. The summed E-state index contributed by atoms with van der Waals surface area (Å²) in [5.74, 6) is 1.59. The SMILES string of the molecule is CC(C(=O)NC1CCCCC1)N(C)c1nc(-c2cn(C)cn2)nc2c1CCC2. The lowest BCUT2D eigenvalue weighted by atomic mass is 9.95. The summed E-state index contributed by atoms with van der Waals surface area (Å²) >= 11 is 0. The molecule has 1 saturated carbocycles. The van der Waals surface area contributed by atoms with Gasteiger partial charge in [-0.1, -0.05) is 19.3 Å². The normalized spacial score (nSPS) is 18.0. The van der Waals surface area contributed by atoms with Gasteiger partial charge >= 0.3 is 0 Å². The number of aryl methyl sites for hydroxylation is 2. The van der Waals surface area contributed by atoms with E-state index in [1.165, 1.54) is 24.8 Å². The van der Waals surface area contributed by atoms with Crippen molar-refractivity contribution in [2.45, 2.75) is 70.4 Å². The van der Waals surface area contributed by atoms with Gasteiger partial charge in [-0.05, 0) is 39.0 Å². The molecule has 1 amide bonds. The number of likely N-dealkylation sites (N-methyl/N-ethyl adjacent to an activating group) is 1. The molecule has 0 saturated heterocycles. The molecule has 7 heteroatoms. The average Bonchev–Trinajstić information content (AvgIpc) is 3.35. The molecule has 0 aliphatic heterocycles. The van der Waals surface area contributed by atoms with Crippen molar-refractivity contribution in [3.63, 3.8) is 0 Å². The lowest BCUT2D eigenvalue weighted by Crippen LogP contribution is -2.48. The van der Waals surface area contributed by atoms with E-state index < -0.39 is 0 Å². The Morgan fingerprint density at radius 3 is 2.71 bits per heavy atom. The number of hydrogen-bond donors (Lipinski definition) is 1. The van der Waals surface area contributed by atoms with Gasteiger partial charge in [0.1, 0.15) is 17.6 Å². The molecule has 0 spiro atoms. The van der Waals surface area contributed by atoms with Crippen molar-refractivity contribution >= 4 is 11.7 Å². The Labute approximate surface area is 166 Å². The Balaban J connectivity index is 1.58. The van der Waals surface area contributed by atoms with Crippen LogP contribution in [0, 0.1) is 0 Å². The molecule has 7 nitrogen and oxygen atoms in total. The lowest BCUT2D eigenvalue weighted by Gasteiger charge is -2.30. The van der Waals surface area contributed by atoms with Crippen molar-refractivity contribution in [3.05, 3.63) is 23.8 Å². The first kappa shape index (κ1) is 18.9. The number of hydrogen-bond acceptors (Lipinski definition) is 5. The fraction of sp³-hybridized carbons (Fsp3) is 0.619. The van der Waals surface area contributed by atoms with Gasteiger partial charge in [-0.15, -0.1) is 0 Å². The fourth-order valence-electron chi connectivity index (χ4n) is 4.28. The molecule has 0 aromatic carbocycles. The molecule has 1 fully saturated rings. The van der Waals surface area contributed by atoms with Gasteiger partial charge < -0.3 is 14.8 Å². The monoisotopic (exact) mass is 382 g/mol. The van der Waals surface area contributed by atoms with Crippen LogP contribution in [0.2, 0.25) is 0 Å². The molecule has 2 aliphatic carbocycles. The van der Waals surface area contributed by atoms with Gasteiger partial charge in [0.25, 0.3) is 0 Å². The molecule has 0 radical (unpaired) electrons. The fourth-order valence-corrected chi connectivity index (χ4v) is 4.28. The number of rotatable bonds is 5. The zero-order valence-corrected chi connectivity index (χ0v) is 17.1. The summed E-state index contributed by atoms with van der Waals surface area (Å²) in [6.07, 6.45) is 12.6. The summed E-state index contributed by atoms with van der Waals surface area (Å²) in [7, 11) is 3.91. The maximum absolute atomic E-state index is 12.9. The smallest absolute Gasteiger partial charge is 0.242 e. The zero-order chi connectivity index (χ0) is 19.7. The zero-order valence-electron chi connectivity index (χ0n) is 17.1. The first-order chi connectivity index (χ1) is 13.5. The van der Waals surface area contributed by atoms with Gasteiger partial charge in [-0.3, -0.25) is 4.79 Å². The molecule has 1 N–H and O–H groups in total. The van der Waals surface area contributed by atoms with Crippen molar-refractivity contribution < 1.29 is 4.79 Å². The molecule has 2 aromatic rings. The van der Waals surface area contributed by atoms with E-state index in [9.17, 15) is 4.79 Å². The highest BCUT2D eigenvalue weighted by molar-refractivity contribution is 5.85. The van der Waals surface area contributed by atoms with Crippen molar-refractivity contribution in [1.82, 2.24) is 24.8 Å². The summed E-state index contributed by atoms with van der Waals surface area (Å²) < 4.78 is 1.90. The van der Waals surface area contributed by atoms with Crippen LogP contribution < -0.4 is 10.2 Å². The topological polar surface area (TPSA) is 75.9 Å². The molecule has 0 bridgehead atoms. The van der Waals surface area contributed by atoms with Crippen molar-refractivity contribution in [3.8, 4) is 11.5 Å². The number of fused-ring (bicyclic) bond motifs is 1. The first-order valence-electron chi connectivity index (χ1n) is 10.4. The molecule has 1 unspecified atom stereocenters. The predicted octanol–water partition coefficient (Wildman–Crippen LogP) is 2.64. The summed E-state index contributed by atoms with van der Waals surface area (Å²) in [5, 5.41) is 3.25. The number of imidazole rings is 1. The summed E-state index contributed by atoms with van der Waals surface area (Å²) in [5.41, 5.74) is 3.04. The van der Waals surface area contributed by atoms with E-state index in [2.05, 4.69) is 10.3 Å². The number of nitrogens with zero attached hydrogens (tertiary/aromatic N) is 5. The third kappa shape index (κ3) is 3.75. The minimum Gasteiger partial charge on any atom is -0.352 e. The molecular formula is C21H30N6O. The van der Waals surface area contributed by atoms with Gasteiger partial charge in [-0.25, -0.2) is 15.0 Å². The maximum atomic E-state index is 12.9. The second kappa shape index (κ2) is 7.89. The van der Waals surface area contributed by atoms with E-state index in [1.54, 1.807) is 6.33 Å². The van der Waals surface area contributed by atoms with Crippen LogP contribution in [-0.4, -0.2) is 44.6 Å². The minimum atomic E-state index is -0.280. The number of anilines is 1. The molecular weight excluding hydrogens is 352 g/mol. The van der Waals surface area contributed by atoms with Crippen molar-refractivity contribution in [2.24, 2.45) is 7.05 Å². The van der Waals surface area contributed by atoms with Gasteiger partial charge in [0.2, 0.25) is 5.91 Å². The minimum absolute atomic E-state index is 0.0825. The summed E-state index contributed by atoms with van der Waals surface area (Å²) in [6, 6.07) is 0.0374. The van der Waals surface area contributed by atoms with E-state index in [0.717, 1.165) is 49.3 Å². The van der Waals surface area contributed by atoms with Gasteiger partial charge in [0.15, 0.2) is 5.82 Å². The second-order valence-electron chi connectivity index (χ2n) is 8.20. The molecule has 150 valence electrons. The standard InChI is InChI=1S/C21H30N6O/c1-14(21(28)23-15-8-5-4-6-9-15)27(3)20-16-10-7-11-17(16)24-19(25-20)18-12-26(2)13-22-18/h12-15H,4-11H2,1-3H3,(H,23,28). The highest BCUT2D eigenvalue weighted by atomic mass is 16.2. The van der Waals surface area contributed by atoms with Crippen molar-refractivity contribution in [1.29, 1.82) is 0 Å². The van der Waals surface area contributed by atoms with E-state index in [4.69, 9.17) is 9.97 Å². The maximum Gasteiger partial charge on any atom is 0.242 e. The van der Waals surface area contributed by atoms with E-state index in [0.29, 0.717) is 11.9 Å². The van der Waals surface area contributed by atoms with E-state index in [1.807, 2.05) is 36.7 Å². The second-order valence-corrected chi connectivity index (χ2v) is 8.20. The van der Waals surface area contributed by atoms with Crippen LogP contribution in [0.1, 0.15) is 56.7 Å². The number of nitrogens with one attached hydrogen (secondary N) is 1. The molecule has 1 atom stereocenters. The van der Waals surface area contributed by atoms with Crippen LogP contribution in [0.25, 0.3) is 11.5 Å². The summed E-state index contributed by atoms with van der Waals surface area (Å²) in [6.45, 7) is 1.96. The summed E-state index contributed by atoms with van der Waals surface area (Å²) in [4.78, 5) is 28.9. The first-order valence-corrected chi connectivity index (χ1v) is 10.4. The lowest BCUT2D eigenvalue weighted by molar-refractivity contribution is -0.122.